The Kier molecular flexibility index (Phi) is 4.78. The average Bonchev–Trinajstić information content (AvgIpc) is 2.68. The number of hydrogen-bond acceptors (Lipinski definition) is 4. The molecule has 0 saturated carbocycles. The molecule has 1 aliphatic heterocycles. The number of carbonyl (C=O) groups excluding carboxylic acids is 1. The van der Waals surface area contributed by atoms with Crippen LogP contribution in [0, 0.1) is 5.82 Å². The predicted molar refractivity (Wildman–Crippen MR) is 102 cm³/mol. The summed E-state index contributed by atoms with van der Waals surface area (Å²) in [5.41, 5.74) is 3.30. The Balaban J connectivity index is 1.38. The second kappa shape index (κ2) is 7.53. The Hall–Kier alpha value is -3.28. The highest BCUT2D eigenvalue weighted by Crippen LogP contribution is 2.23. The topological polar surface area (TPSA) is 58.1 Å². The Labute approximate surface area is 156 Å². The molecule has 0 fully saturated rings. The predicted octanol–water partition coefficient (Wildman–Crippen LogP) is 3.36. The van der Waals surface area contributed by atoms with Gasteiger partial charge in [0.2, 0.25) is 5.91 Å². The Bertz CT molecular complexity index is 958. The van der Waals surface area contributed by atoms with Crippen molar-refractivity contribution in [1.29, 1.82) is 0 Å². The summed E-state index contributed by atoms with van der Waals surface area (Å²) in [5.74, 6) is 0.562. The van der Waals surface area contributed by atoms with E-state index in [1.807, 2.05) is 12.1 Å². The maximum absolute atomic E-state index is 13.2. The molecule has 27 heavy (non-hydrogen) atoms. The molecule has 0 atom stereocenters. The molecule has 0 unspecified atom stereocenters. The zero-order valence-corrected chi connectivity index (χ0v) is 14.7. The van der Waals surface area contributed by atoms with E-state index < -0.39 is 0 Å². The molecule has 5 nitrogen and oxygen atoms in total. The highest BCUT2D eigenvalue weighted by atomic mass is 19.1. The summed E-state index contributed by atoms with van der Waals surface area (Å²) >= 11 is 0. The Morgan fingerprint density at radius 1 is 1.04 bits per heavy atom. The molecule has 4 rings (SSSR count). The van der Waals surface area contributed by atoms with E-state index in [9.17, 15) is 9.18 Å². The summed E-state index contributed by atoms with van der Waals surface area (Å²) in [5, 5.41) is 11.1. The van der Waals surface area contributed by atoms with Crippen LogP contribution in [0.1, 0.15) is 16.7 Å². The van der Waals surface area contributed by atoms with Gasteiger partial charge in [-0.3, -0.25) is 4.79 Å². The monoisotopic (exact) mass is 362 g/mol. The van der Waals surface area contributed by atoms with Crippen LogP contribution in [0.15, 0.2) is 60.7 Å². The number of carbonyl (C=O) groups is 1. The van der Waals surface area contributed by atoms with Gasteiger partial charge in [-0.05, 0) is 47.4 Å². The molecule has 2 aromatic carbocycles. The molecule has 1 aromatic heterocycles. The smallest absolute Gasteiger partial charge is 0.229 e. The third-order valence-electron chi connectivity index (χ3n) is 4.63. The third-order valence-corrected chi connectivity index (χ3v) is 4.63. The molecule has 0 spiro atoms. The summed E-state index contributed by atoms with van der Waals surface area (Å²) in [6, 6.07) is 18.0. The van der Waals surface area contributed by atoms with E-state index in [0.717, 1.165) is 25.3 Å². The Morgan fingerprint density at radius 3 is 2.67 bits per heavy atom. The second-order valence-corrected chi connectivity index (χ2v) is 6.57. The summed E-state index contributed by atoms with van der Waals surface area (Å²) in [6.07, 6.45) is 1.06. The first kappa shape index (κ1) is 17.1. The van der Waals surface area contributed by atoms with Crippen LogP contribution in [0.25, 0.3) is 0 Å². The minimum absolute atomic E-state index is 0.0874. The van der Waals surface area contributed by atoms with E-state index in [0.29, 0.717) is 11.4 Å². The van der Waals surface area contributed by atoms with E-state index in [2.05, 4.69) is 38.6 Å². The van der Waals surface area contributed by atoms with Crippen LogP contribution in [0.4, 0.5) is 16.0 Å². The number of anilines is 2. The number of amides is 1. The van der Waals surface area contributed by atoms with Gasteiger partial charge in [-0.2, -0.15) is 0 Å². The van der Waals surface area contributed by atoms with Gasteiger partial charge in [-0.1, -0.05) is 36.4 Å². The van der Waals surface area contributed by atoms with Crippen LogP contribution < -0.4 is 10.2 Å². The van der Waals surface area contributed by atoms with Crippen molar-refractivity contribution in [3.05, 3.63) is 83.2 Å². The lowest BCUT2D eigenvalue weighted by Crippen LogP contribution is -2.31. The third kappa shape index (κ3) is 4.11. The standard InChI is InChI=1S/C21H19FN4O/c22-18-7-3-4-15(12-18)13-21(27)23-19-8-9-20(25-24-19)26-11-10-16-5-1-2-6-17(16)14-26/h1-9,12H,10-11,13-14H2,(H,23,24,27). The van der Waals surface area contributed by atoms with E-state index in [1.54, 1.807) is 18.2 Å². The number of fused-ring (bicyclic) bond motifs is 1. The minimum Gasteiger partial charge on any atom is -0.350 e. The SMILES string of the molecule is O=C(Cc1cccc(F)c1)Nc1ccc(N2CCc3ccccc3C2)nn1. The van der Waals surface area contributed by atoms with Crippen molar-refractivity contribution in [3.8, 4) is 0 Å². The molecular weight excluding hydrogens is 343 g/mol. The first-order valence-corrected chi connectivity index (χ1v) is 8.87. The zero-order valence-electron chi connectivity index (χ0n) is 14.7. The number of benzene rings is 2. The first-order chi connectivity index (χ1) is 13.2. The van der Waals surface area contributed by atoms with Gasteiger partial charge in [0, 0.05) is 13.1 Å². The minimum atomic E-state index is -0.354. The van der Waals surface area contributed by atoms with Crippen molar-refractivity contribution >= 4 is 17.5 Å². The highest BCUT2D eigenvalue weighted by Gasteiger charge is 2.17. The molecule has 136 valence electrons. The van der Waals surface area contributed by atoms with Crippen LogP contribution in [-0.4, -0.2) is 22.6 Å². The molecule has 1 amide bonds. The molecule has 1 aliphatic rings. The summed E-state index contributed by atoms with van der Waals surface area (Å²) in [4.78, 5) is 14.3. The lowest BCUT2D eigenvalue weighted by molar-refractivity contribution is -0.115. The maximum atomic E-state index is 13.2. The lowest BCUT2D eigenvalue weighted by atomic mass is 10.00. The van der Waals surface area contributed by atoms with Crippen molar-refractivity contribution in [3.63, 3.8) is 0 Å². The van der Waals surface area contributed by atoms with Gasteiger partial charge in [-0.25, -0.2) is 4.39 Å². The fraction of sp³-hybridized carbons (Fsp3) is 0.190. The highest BCUT2D eigenvalue weighted by molar-refractivity contribution is 5.91. The van der Waals surface area contributed by atoms with Gasteiger partial charge >= 0.3 is 0 Å². The molecular formula is C21H19FN4O. The van der Waals surface area contributed by atoms with Crippen LogP contribution in [-0.2, 0) is 24.2 Å². The van der Waals surface area contributed by atoms with Crippen molar-refractivity contribution in [2.45, 2.75) is 19.4 Å². The zero-order chi connectivity index (χ0) is 18.6. The van der Waals surface area contributed by atoms with Crippen LogP contribution in [0.3, 0.4) is 0 Å². The van der Waals surface area contributed by atoms with E-state index >= 15 is 0 Å². The Morgan fingerprint density at radius 2 is 1.89 bits per heavy atom. The van der Waals surface area contributed by atoms with Gasteiger partial charge < -0.3 is 10.2 Å². The number of nitrogens with one attached hydrogen (secondary N) is 1. The quantitative estimate of drug-likeness (QED) is 0.773. The molecule has 0 radical (unpaired) electrons. The number of hydrogen-bond donors (Lipinski definition) is 1. The van der Waals surface area contributed by atoms with Crippen molar-refractivity contribution < 1.29 is 9.18 Å². The molecule has 6 heteroatoms. The number of nitrogens with zero attached hydrogens (tertiary/aromatic N) is 3. The van der Waals surface area contributed by atoms with Gasteiger partial charge in [0.25, 0.3) is 0 Å². The summed E-state index contributed by atoms with van der Waals surface area (Å²) in [6.45, 7) is 1.69. The largest absolute Gasteiger partial charge is 0.350 e. The molecule has 0 saturated heterocycles. The number of rotatable bonds is 4. The van der Waals surface area contributed by atoms with E-state index in [-0.39, 0.29) is 18.1 Å². The van der Waals surface area contributed by atoms with E-state index in [4.69, 9.17) is 0 Å². The second-order valence-electron chi connectivity index (χ2n) is 6.57. The fourth-order valence-electron chi connectivity index (χ4n) is 3.27. The first-order valence-electron chi connectivity index (χ1n) is 8.87. The van der Waals surface area contributed by atoms with Crippen LogP contribution in [0.5, 0.6) is 0 Å². The van der Waals surface area contributed by atoms with Crippen LogP contribution >= 0.6 is 0 Å². The molecule has 1 N–H and O–H groups in total. The van der Waals surface area contributed by atoms with Crippen molar-refractivity contribution in [2.75, 3.05) is 16.8 Å². The molecule has 0 bridgehead atoms. The fourth-order valence-corrected chi connectivity index (χ4v) is 3.27. The molecule has 0 aliphatic carbocycles. The lowest BCUT2D eigenvalue weighted by Gasteiger charge is -2.29. The number of aromatic nitrogens is 2. The molecule has 3 aromatic rings. The summed E-state index contributed by atoms with van der Waals surface area (Å²) < 4.78 is 13.2. The van der Waals surface area contributed by atoms with Gasteiger partial charge in [0.1, 0.15) is 5.82 Å². The van der Waals surface area contributed by atoms with Crippen molar-refractivity contribution in [2.24, 2.45) is 0 Å². The van der Waals surface area contributed by atoms with Gasteiger partial charge in [0.15, 0.2) is 11.6 Å². The van der Waals surface area contributed by atoms with Crippen LogP contribution in [0.2, 0.25) is 0 Å². The molecule has 2 heterocycles. The van der Waals surface area contributed by atoms with Gasteiger partial charge in [0.05, 0.1) is 6.42 Å². The van der Waals surface area contributed by atoms with Gasteiger partial charge in [-0.15, -0.1) is 10.2 Å². The van der Waals surface area contributed by atoms with E-state index in [1.165, 1.54) is 23.3 Å². The average molecular weight is 362 g/mol. The normalized spacial score (nSPS) is 13.1. The summed E-state index contributed by atoms with van der Waals surface area (Å²) in [7, 11) is 0. The maximum Gasteiger partial charge on any atom is 0.229 e. The number of halogens is 1. The van der Waals surface area contributed by atoms with Crippen molar-refractivity contribution in [1.82, 2.24) is 10.2 Å².